The molecule has 1 aromatic heterocycles. The van der Waals surface area contributed by atoms with Crippen molar-refractivity contribution in [3.8, 4) is 5.75 Å². The fourth-order valence-electron chi connectivity index (χ4n) is 3.06. The quantitative estimate of drug-likeness (QED) is 0.421. The average Bonchev–Trinajstić information content (AvgIpc) is 3.15. The van der Waals surface area contributed by atoms with E-state index in [1.54, 1.807) is 0 Å². The maximum Gasteiger partial charge on any atom is 0.411 e. The highest BCUT2D eigenvalue weighted by Crippen LogP contribution is 2.22. The van der Waals surface area contributed by atoms with Gasteiger partial charge in [-0.1, -0.05) is 38.1 Å². The first kappa shape index (κ1) is 22.9. The number of oxazole rings is 1. The van der Waals surface area contributed by atoms with Crippen LogP contribution in [-0.4, -0.2) is 44.1 Å². The highest BCUT2D eigenvalue weighted by Gasteiger charge is 2.30. The number of halogens is 3. The monoisotopic (exact) mass is 436 g/mol. The lowest BCUT2D eigenvalue weighted by Gasteiger charge is -2.22. The van der Waals surface area contributed by atoms with E-state index in [2.05, 4.69) is 4.98 Å². The number of anilines is 1. The minimum Gasteiger partial charge on any atom is -0.492 e. The summed E-state index contributed by atoms with van der Waals surface area (Å²) in [5, 5.41) is 0. The molecule has 2 aromatic carbocycles. The Balaban J connectivity index is 1.48. The third-order valence-electron chi connectivity index (χ3n) is 4.87. The van der Waals surface area contributed by atoms with Crippen molar-refractivity contribution in [3.05, 3.63) is 54.1 Å². The SMILES string of the molecule is CC(C)C(Cc1ccc(OCCN(C)c2nc3ccccc3o2)cc1)OCC(F)(F)F. The molecule has 1 unspecified atom stereocenters. The molecule has 0 aliphatic carbocycles. The van der Waals surface area contributed by atoms with E-state index in [0.717, 1.165) is 16.7 Å². The molecule has 0 spiro atoms. The Hall–Kier alpha value is -2.74. The second-order valence-electron chi connectivity index (χ2n) is 7.79. The highest BCUT2D eigenvalue weighted by molar-refractivity contribution is 5.74. The second kappa shape index (κ2) is 10.0. The van der Waals surface area contributed by atoms with Crippen LogP contribution in [0.2, 0.25) is 0 Å². The molecular formula is C23H27F3N2O3. The molecular weight excluding hydrogens is 409 g/mol. The number of benzene rings is 2. The molecule has 0 N–H and O–H groups in total. The molecule has 0 fully saturated rings. The molecule has 0 bridgehead atoms. The van der Waals surface area contributed by atoms with Crippen LogP contribution in [0.5, 0.6) is 5.75 Å². The van der Waals surface area contributed by atoms with Crippen LogP contribution >= 0.6 is 0 Å². The lowest BCUT2D eigenvalue weighted by Crippen LogP contribution is -2.28. The topological polar surface area (TPSA) is 47.7 Å². The number of hydrogen-bond acceptors (Lipinski definition) is 5. The van der Waals surface area contributed by atoms with Crippen molar-refractivity contribution in [2.24, 2.45) is 5.92 Å². The Labute approximate surface area is 179 Å². The Kier molecular flexibility index (Phi) is 7.43. The van der Waals surface area contributed by atoms with Crippen LogP contribution < -0.4 is 9.64 Å². The largest absolute Gasteiger partial charge is 0.492 e. The standard InChI is InChI=1S/C23H27F3N2O3/c1-16(2)21(30-15-23(24,25)26)14-17-8-10-18(11-9-17)29-13-12-28(3)22-27-19-6-4-5-7-20(19)31-22/h4-11,16,21H,12-15H2,1-3H3. The molecule has 1 atom stereocenters. The molecule has 0 saturated carbocycles. The molecule has 0 aliphatic rings. The van der Waals surface area contributed by atoms with E-state index in [0.29, 0.717) is 31.3 Å². The van der Waals surface area contributed by atoms with E-state index >= 15 is 0 Å². The lowest BCUT2D eigenvalue weighted by atomic mass is 9.99. The number of aromatic nitrogens is 1. The zero-order chi connectivity index (χ0) is 22.4. The smallest absolute Gasteiger partial charge is 0.411 e. The highest BCUT2D eigenvalue weighted by atomic mass is 19.4. The molecule has 0 radical (unpaired) electrons. The van der Waals surface area contributed by atoms with Gasteiger partial charge in [0.2, 0.25) is 0 Å². The van der Waals surface area contributed by atoms with Gasteiger partial charge in [-0.3, -0.25) is 0 Å². The number of alkyl halides is 3. The lowest BCUT2D eigenvalue weighted by molar-refractivity contribution is -0.189. The zero-order valence-electron chi connectivity index (χ0n) is 17.9. The fourth-order valence-corrected chi connectivity index (χ4v) is 3.06. The predicted octanol–water partition coefficient (Wildman–Crippen LogP) is 5.49. The van der Waals surface area contributed by atoms with Crippen LogP contribution in [0.1, 0.15) is 19.4 Å². The first-order chi connectivity index (χ1) is 14.7. The molecule has 1 heterocycles. The van der Waals surface area contributed by atoms with Crippen molar-refractivity contribution >= 4 is 17.1 Å². The normalized spacial score (nSPS) is 13.0. The Bertz CT molecular complexity index is 922. The molecule has 8 heteroatoms. The van der Waals surface area contributed by atoms with E-state index in [4.69, 9.17) is 13.9 Å². The van der Waals surface area contributed by atoms with E-state index < -0.39 is 18.9 Å². The van der Waals surface area contributed by atoms with Gasteiger partial charge in [0.25, 0.3) is 6.01 Å². The van der Waals surface area contributed by atoms with E-state index in [-0.39, 0.29) is 5.92 Å². The summed E-state index contributed by atoms with van der Waals surface area (Å²) in [4.78, 5) is 6.32. The first-order valence-corrected chi connectivity index (χ1v) is 10.2. The van der Waals surface area contributed by atoms with Crippen LogP contribution in [0, 0.1) is 5.92 Å². The van der Waals surface area contributed by atoms with Crippen molar-refractivity contribution in [1.29, 1.82) is 0 Å². The summed E-state index contributed by atoms with van der Waals surface area (Å²) in [5.41, 5.74) is 2.44. The third-order valence-corrected chi connectivity index (χ3v) is 4.87. The molecule has 0 aliphatic heterocycles. The summed E-state index contributed by atoms with van der Waals surface area (Å²) >= 11 is 0. The average molecular weight is 436 g/mol. The minimum atomic E-state index is -4.32. The van der Waals surface area contributed by atoms with Gasteiger partial charge < -0.3 is 18.8 Å². The maximum absolute atomic E-state index is 12.5. The van der Waals surface area contributed by atoms with Gasteiger partial charge in [0.1, 0.15) is 24.5 Å². The number of para-hydroxylation sites is 2. The molecule has 3 rings (SSSR count). The van der Waals surface area contributed by atoms with E-state index in [9.17, 15) is 13.2 Å². The summed E-state index contributed by atoms with van der Waals surface area (Å²) in [6, 6.07) is 15.4. The number of likely N-dealkylation sites (N-methyl/N-ethyl adjacent to an activating group) is 1. The first-order valence-electron chi connectivity index (χ1n) is 10.2. The number of ether oxygens (including phenoxy) is 2. The summed E-state index contributed by atoms with van der Waals surface area (Å²) < 4.78 is 53.9. The summed E-state index contributed by atoms with van der Waals surface area (Å²) in [6.45, 7) is 3.48. The van der Waals surface area contributed by atoms with Crippen LogP contribution in [0.4, 0.5) is 19.2 Å². The number of nitrogens with zero attached hydrogens (tertiary/aromatic N) is 2. The number of hydrogen-bond donors (Lipinski definition) is 0. The van der Waals surface area contributed by atoms with Crippen molar-refractivity contribution in [2.45, 2.75) is 32.5 Å². The molecule has 168 valence electrons. The maximum atomic E-state index is 12.5. The molecule has 3 aromatic rings. The van der Waals surface area contributed by atoms with Gasteiger partial charge in [0.15, 0.2) is 5.58 Å². The summed E-state index contributed by atoms with van der Waals surface area (Å²) in [6.07, 6.45) is -4.41. The van der Waals surface area contributed by atoms with Gasteiger partial charge in [-0.15, -0.1) is 0 Å². The molecule has 31 heavy (non-hydrogen) atoms. The van der Waals surface area contributed by atoms with Gasteiger partial charge in [-0.05, 0) is 42.2 Å². The van der Waals surface area contributed by atoms with Gasteiger partial charge in [0.05, 0.1) is 12.6 Å². The minimum absolute atomic E-state index is 0.0272. The Morgan fingerprint density at radius 3 is 2.42 bits per heavy atom. The van der Waals surface area contributed by atoms with E-state index in [1.807, 2.05) is 74.3 Å². The van der Waals surface area contributed by atoms with Crippen molar-refractivity contribution in [2.75, 3.05) is 31.7 Å². The Morgan fingerprint density at radius 1 is 1.06 bits per heavy atom. The Morgan fingerprint density at radius 2 is 1.77 bits per heavy atom. The number of fused-ring (bicyclic) bond motifs is 1. The van der Waals surface area contributed by atoms with Gasteiger partial charge >= 0.3 is 6.18 Å². The molecule has 0 amide bonds. The van der Waals surface area contributed by atoms with Crippen molar-refractivity contribution in [1.82, 2.24) is 4.98 Å². The molecule has 0 saturated heterocycles. The fraction of sp³-hybridized carbons (Fsp3) is 0.435. The zero-order valence-corrected chi connectivity index (χ0v) is 17.9. The summed E-state index contributed by atoms with van der Waals surface area (Å²) in [5.74, 6) is 0.660. The molecule has 5 nitrogen and oxygen atoms in total. The van der Waals surface area contributed by atoms with Gasteiger partial charge in [-0.2, -0.15) is 18.2 Å². The van der Waals surface area contributed by atoms with Crippen molar-refractivity contribution < 1.29 is 27.1 Å². The van der Waals surface area contributed by atoms with Crippen LogP contribution in [-0.2, 0) is 11.2 Å². The predicted molar refractivity (Wildman–Crippen MR) is 114 cm³/mol. The second-order valence-corrected chi connectivity index (χ2v) is 7.79. The van der Waals surface area contributed by atoms with Crippen LogP contribution in [0.15, 0.2) is 52.9 Å². The number of rotatable bonds is 10. The van der Waals surface area contributed by atoms with Crippen LogP contribution in [0.3, 0.4) is 0 Å². The van der Waals surface area contributed by atoms with Gasteiger partial charge in [0, 0.05) is 7.05 Å². The van der Waals surface area contributed by atoms with Crippen LogP contribution in [0.25, 0.3) is 11.1 Å². The third kappa shape index (κ3) is 6.89. The van der Waals surface area contributed by atoms with E-state index in [1.165, 1.54) is 0 Å². The van der Waals surface area contributed by atoms with Gasteiger partial charge in [-0.25, -0.2) is 0 Å². The van der Waals surface area contributed by atoms with Crippen molar-refractivity contribution in [3.63, 3.8) is 0 Å². The summed E-state index contributed by atoms with van der Waals surface area (Å²) in [7, 11) is 1.88.